The Morgan fingerprint density at radius 2 is 1.68 bits per heavy atom. The maximum atomic E-state index is 12.6. The molecule has 0 bridgehead atoms. The van der Waals surface area contributed by atoms with Crippen molar-refractivity contribution in [2.45, 2.75) is 28.9 Å². The summed E-state index contributed by atoms with van der Waals surface area (Å²) < 4.78 is 0. The summed E-state index contributed by atoms with van der Waals surface area (Å²) in [5.41, 5.74) is 0.703. The van der Waals surface area contributed by atoms with Crippen LogP contribution in [0.25, 0.3) is 0 Å². The van der Waals surface area contributed by atoms with Crippen molar-refractivity contribution < 1.29 is 4.79 Å². The van der Waals surface area contributed by atoms with E-state index in [-0.39, 0.29) is 5.91 Å². The van der Waals surface area contributed by atoms with E-state index in [0.717, 1.165) is 4.90 Å². The van der Waals surface area contributed by atoms with E-state index in [1.54, 1.807) is 24.3 Å². The summed E-state index contributed by atoms with van der Waals surface area (Å²) in [6.45, 7) is 3.69. The Labute approximate surface area is 145 Å². The molecule has 2 aromatic rings. The van der Waals surface area contributed by atoms with Crippen LogP contribution in [0, 0.1) is 0 Å². The number of anilines is 1. The van der Waals surface area contributed by atoms with Crippen LogP contribution in [0.3, 0.4) is 0 Å². The van der Waals surface area contributed by atoms with Crippen molar-refractivity contribution >= 4 is 46.6 Å². The van der Waals surface area contributed by atoms with Gasteiger partial charge in [-0.15, -0.1) is 23.4 Å². The summed E-state index contributed by atoms with van der Waals surface area (Å²) in [6.07, 6.45) is 0. The molecule has 0 fully saturated rings. The molecule has 0 radical (unpaired) electrons. The highest BCUT2D eigenvalue weighted by molar-refractivity contribution is 8.00. The number of nitrogens with one attached hydrogen (secondary N) is 1. The highest BCUT2D eigenvalue weighted by Crippen LogP contribution is 2.35. The van der Waals surface area contributed by atoms with Gasteiger partial charge in [-0.25, -0.2) is 0 Å². The lowest BCUT2D eigenvalue weighted by molar-refractivity contribution is -0.116. The Morgan fingerprint density at radius 1 is 1.09 bits per heavy atom. The zero-order chi connectivity index (χ0) is 16.2. The minimum Gasteiger partial charge on any atom is -0.325 e. The third-order valence-corrected chi connectivity index (χ3v) is 5.15. The van der Waals surface area contributed by atoms with Crippen LogP contribution in [0.1, 0.15) is 13.8 Å². The van der Waals surface area contributed by atoms with E-state index in [2.05, 4.69) is 5.32 Å². The number of alkyl halides is 1. The molecule has 22 heavy (non-hydrogen) atoms. The Kier molecular flexibility index (Phi) is 5.79. The highest BCUT2D eigenvalue weighted by Gasteiger charge is 2.34. The fourth-order valence-corrected chi connectivity index (χ4v) is 3.27. The average molecular weight is 354 g/mol. The SMILES string of the molecule is CC(C)(Cl)[C@@H](Sc1ccccc1)C(=O)Nc1ccc(Cl)cc1. The molecular formula is C17H17Cl2NOS. The van der Waals surface area contributed by atoms with Crippen molar-refractivity contribution in [3.63, 3.8) is 0 Å². The molecule has 1 N–H and O–H groups in total. The number of carbonyl (C=O) groups is 1. The Bertz CT molecular complexity index is 623. The first-order chi connectivity index (χ1) is 10.4. The normalized spacial score (nSPS) is 12.7. The molecule has 0 aliphatic rings. The van der Waals surface area contributed by atoms with E-state index >= 15 is 0 Å². The van der Waals surface area contributed by atoms with Gasteiger partial charge in [0.15, 0.2) is 0 Å². The molecular weight excluding hydrogens is 337 g/mol. The van der Waals surface area contributed by atoms with Crippen LogP contribution in [-0.4, -0.2) is 16.0 Å². The summed E-state index contributed by atoms with van der Waals surface area (Å²) in [5, 5.41) is 3.10. The van der Waals surface area contributed by atoms with Gasteiger partial charge in [-0.3, -0.25) is 4.79 Å². The number of benzene rings is 2. The quantitative estimate of drug-likeness (QED) is 0.571. The summed E-state index contributed by atoms with van der Waals surface area (Å²) in [4.78, 5) is 12.9. The van der Waals surface area contributed by atoms with Gasteiger partial charge < -0.3 is 5.32 Å². The van der Waals surface area contributed by atoms with Gasteiger partial charge >= 0.3 is 0 Å². The number of amides is 1. The standard InChI is InChI=1S/C17H17Cl2NOS/c1-17(2,19)15(22-14-6-4-3-5-7-14)16(21)20-13-10-8-12(18)9-11-13/h3-11,15H,1-2H3,(H,20,21)/t15-/m0/s1. The van der Waals surface area contributed by atoms with E-state index in [4.69, 9.17) is 23.2 Å². The molecule has 5 heteroatoms. The number of carbonyl (C=O) groups excluding carboxylic acids is 1. The van der Waals surface area contributed by atoms with Crippen molar-refractivity contribution in [2.75, 3.05) is 5.32 Å². The first kappa shape index (κ1) is 17.2. The maximum absolute atomic E-state index is 12.6. The number of hydrogen-bond acceptors (Lipinski definition) is 2. The van der Waals surface area contributed by atoms with Crippen LogP contribution in [0.4, 0.5) is 5.69 Å². The van der Waals surface area contributed by atoms with E-state index in [9.17, 15) is 4.79 Å². The van der Waals surface area contributed by atoms with E-state index in [0.29, 0.717) is 10.7 Å². The fourth-order valence-electron chi connectivity index (χ4n) is 1.88. The summed E-state index contributed by atoms with van der Waals surface area (Å²) in [6, 6.07) is 16.8. The molecule has 0 heterocycles. The van der Waals surface area contributed by atoms with E-state index in [1.807, 2.05) is 44.2 Å². The molecule has 2 nitrogen and oxygen atoms in total. The maximum Gasteiger partial charge on any atom is 0.239 e. The molecule has 2 rings (SSSR count). The Balaban J connectivity index is 2.15. The minimum atomic E-state index is -0.684. The molecule has 0 aromatic heterocycles. The van der Waals surface area contributed by atoms with Crippen molar-refractivity contribution in [3.05, 3.63) is 59.6 Å². The molecule has 0 saturated carbocycles. The smallest absolute Gasteiger partial charge is 0.239 e. The van der Waals surface area contributed by atoms with Gasteiger partial charge in [0.05, 0.1) is 4.87 Å². The van der Waals surface area contributed by atoms with Crippen LogP contribution in [0.2, 0.25) is 5.02 Å². The van der Waals surface area contributed by atoms with Gasteiger partial charge in [0.1, 0.15) is 5.25 Å². The molecule has 0 saturated heterocycles. The van der Waals surface area contributed by atoms with Crippen LogP contribution in [0.15, 0.2) is 59.5 Å². The van der Waals surface area contributed by atoms with E-state index < -0.39 is 10.1 Å². The molecule has 1 amide bonds. The minimum absolute atomic E-state index is 0.129. The predicted molar refractivity (Wildman–Crippen MR) is 96.1 cm³/mol. The average Bonchev–Trinajstić information content (AvgIpc) is 2.47. The van der Waals surface area contributed by atoms with Crippen molar-refractivity contribution in [3.8, 4) is 0 Å². The molecule has 1 atom stereocenters. The van der Waals surface area contributed by atoms with E-state index in [1.165, 1.54) is 11.8 Å². The highest BCUT2D eigenvalue weighted by atomic mass is 35.5. The molecule has 0 aliphatic heterocycles. The number of thioether (sulfide) groups is 1. The second-order valence-electron chi connectivity index (χ2n) is 5.37. The van der Waals surface area contributed by atoms with Gasteiger partial charge in [0.25, 0.3) is 0 Å². The van der Waals surface area contributed by atoms with Crippen molar-refractivity contribution in [2.24, 2.45) is 0 Å². The summed E-state index contributed by atoms with van der Waals surface area (Å²) in [5.74, 6) is -0.129. The first-order valence-electron chi connectivity index (χ1n) is 6.83. The Hall–Kier alpha value is -1.16. The second kappa shape index (κ2) is 7.40. The topological polar surface area (TPSA) is 29.1 Å². The zero-order valence-electron chi connectivity index (χ0n) is 12.3. The number of hydrogen-bond donors (Lipinski definition) is 1. The largest absolute Gasteiger partial charge is 0.325 e. The van der Waals surface area contributed by atoms with Gasteiger partial charge in [0.2, 0.25) is 5.91 Å². The number of rotatable bonds is 5. The third-order valence-electron chi connectivity index (χ3n) is 2.97. The van der Waals surface area contributed by atoms with Gasteiger partial charge in [-0.1, -0.05) is 29.8 Å². The summed E-state index contributed by atoms with van der Waals surface area (Å²) in [7, 11) is 0. The lowest BCUT2D eigenvalue weighted by Gasteiger charge is -2.27. The zero-order valence-corrected chi connectivity index (χ0v) is 14.7. The van der Waals surface area contributed by atoms with Crippen molar-refractivity contribution in [1.82, 2.24) is 0 Å². The van der Waals surface area contributed by atoms with Gasteiger partial charge in [0, 0.05) is 15.6 Å². The van der Waals surface area contributed by atoms with Crippen LogP contribution < -0.4 is 5.32 Å². The monoisotopic (exact) mass is 353 g/mol. The fraction of sp³-hybridized carbons (Fsp3) is 0.235. The molecule has 116 valence electrons. The van der Waals surface area contributed by atoms with Gasteiger partial charge in [-0.2, -0.15) is 0 Å². The predicted octanol–water partition coefficient (Wildman–Crippen LogP) is 5.46. The first-order valence-corrected chi connectivity index (χ1v) is 8.47. The van der Waals surface area contributed by atoms with Crippen molar-refractivity contribution in [1.29, 1.82) is 0 Å². The lowest BCUT2D eigenvalue weighted by Crippen LogP contribution is -2.38. The van der Waals surface area contributed by atoms with Crippen LogP contribution >= 0.6 is 35.0 Å². The molecule has 0 spiro atoms. The van der Waals surface area contributed by atoms with Crippen LogP contribution in [-0.2, 0) is 4.79 Å². The molecule has 0 unspecified atom stereocenters. The molecule has 2 aromatic carbocycles. The lowest BCUT2D eigenvalue weighted by atomic mass is 10.1. The molecule has 0 aliphatic carbocycles. The summed E-state index contributed by atoms with van der Waals surface area (Å²) >= 11 is 13.7. The Morgan fingerprint density at radius 3 is 2.23 bits per heavy atom. The van der Waals surface area contributed by atoms with Crippen LogP contribution in [0.5, 0.6) is 0 Å². The second-order valence-corrected chi connectivity index (χ2v) is 7.96. The third kappa shape index (κ3) is 4.94. The number of halogens is 2. The van der Waals surface area contributed by atoms with Gasteiger partial charge in [-0.05, 0) is 50.2 Å².